The van der Waals surface area contributed by atoms with E-state index in [0.29, 0.717) is 4.88 Å². The molecule has 1 aromatic rings. The molecule has 2 unspecified atom stereocenters. The molecule has 0 radical (unpaired) electrons. The number of hydrogen-bond donors (Lipinski definition) is 3. The topological polar surface area (TPSA) is 79.4 Å². The maximum Gasteiger partial charge on any atom is 0.117 e. The van der Waals surface area contributed by atoms with Gasteiger partial charge in [-0.3, -0.25) is 0 Å². The Morgan fingerprint density at radius 2 is 2.08 bits per heavy atom. The molecule has 5 heteroatoms. The molecule has 0 bridgehead atoms. The number of aliphatic hydroxyl groups excluding tert-OH is 2. The Kier molecular flexibility index (Phi) is 3.38. The van der Waals surface area contributed by atoms with E-state index >= 15 is 0 Å². The fraction of sp³-hybridized carbons (Fsp3) is 0.625. The van der Waals surface area contributed by atoms with Gasteiger partial charge in [-0.2, -0.15) is 0 Å². The summed E-state index contributed by atoms with van der Waals surface area (Å²) >= 11 is 1.39. The van der Waals surface area contributed by atoms with Crippen molar-refractivity contribution in [3.05, 3.63) is 15.6 Å². The fourth-order valence-electron chi connectivity index (χ4n) is 1.13. The Bertz CT molecular complexity index is 288. The Labute approximate surface area is 81.0 Å². The minimum atomic E-state index is -0.906. The Balaban J connectivity index is 2.87. The van der Waals surface area contributed by atoms with Crippen molar-refractivity contribution in [3.63, 3.8) is 0 Å². The van der Waals surface area contributed by atoms with Crippen molar-refractivity contribution in [2.75, 3.05) is 6.54 Å². The van der Waals surface area contributed by atoms with Crippen LogP contribution in [0.1, 0.15) is 21.7 Å². The highest BCUT2D eigenvalue weighted by Gasteiger charge is 2.21. The third-order valence-electron chi connectivity index (χ3n) is 1.81. The maximum absolute atomic E-state index is 9.62. The molecule has 0 aliphatic rings. The van der Waals surface area contributed by atoms with Crippen LogP contribution >= 0.6 is 11.3 Å². The molecule has 1 heterocycles. The Hall–Kier alpha value is -0.490. The van der Waals surface area contributed by atoms with Gasteiger partial charge in [-0.25, -0.2) is 4.98 Å². The molecule has 0 aliphatic carbocycles. The summed E-state index contributed by atoms with van der Waals surface area (Å²) in [6.45, 7) is 3.73. The van der Waals surface area contributed by atoms with Gasteiger partial charge in [-0.15, -0.1) is 11.3 Å². The molecule has 0 spiro atoms. The third kappa shape index (κ3) is 2.25. The number of aliphatic hydroxyl groups is 2. The summed E-state index contributed by atoms with van der Waals surface area (Å²) in [5.74, 6) is 0. The van der Waals surface area contributed by atoms with Crippen LogP contribution in [0.5, 0.6) is 0 Å². The largest absolute Gasteiger partial charge is 0.389 e. The molecule has 13 heavy (non-hydrogen) atoms. The van der Waals surface area contributed by atoms with Gasteiger partial charge < -0.3 is 15.9 Å². The van der Waals surface area contributed by atoms with Gasteiger partial charge in [-0.05, 0) is 13.8 Å². The van der Waals surface area contributed by atoms with E-state index in [9.17, 15) is 10.2 Å². The van der Waals surface area contributed by atoms with Crippen LogP contribution in [0, 0.1) is 13.8 Å². The van der Waals surface area contributed by atoms with Crippen LogP contribution in [0.2, 0.25) is 0 Å². The zero-order valence-corrected chi connectivity index (χ0v) is 8.51. The minimum absolute atomic E-state index is 0.0531. The van der Waals surface area contributed by atoms with Gasteiger partial charge in [-0.1, -0.05) is 0 Å². The quantitative estimate of drug-likeness (QED) is 0.650. The standard InChI is InChI=1S/C8H14N2O2S/c1-4-8(13-5(2)10-4)7(12)6(11)3-9/h6-7,11-12H,3,9H2,1-2H3. The summed E-state index contributed by atoms with van der Waals surface area (Å²) in [6.07, 6.45) is -1.81. The van der Waals surface area contributed by atoms with Gasteiger partial charge in [0.2, 0.25) is 0 Å². The summed E-state index contributed by atoms with van der Waals surface area (Å²) in [7, 11) is 0. The molecule has 0 saturated heterocycles. The van der Waals surface area contributed by atoms with Crippen LogP contribution < -0.4 is 5.73 Å². The lowest BCUT2D eigenvalue weighted by atomic mass is 10.1. The normalized spacial score (nSPS) is 15.8. The van der Waals surface area contributed by atoms with E-state index in [1.807, 2.05) is 13.8 Å². The van der Waals surface area contributed by atoms with E-state index in [2.05, 4.69) is 4.98 Å². The Morgan fingerprint density at radius 3 is 2.46 bits per heavy atom. The van der Waals surface area contributed by atoms with Gasteiger partial charge in [0.25, 0.3) is 0 Å². The molecule has 74 valence electrons. The number of thiazole rings is 1. The number of rotatable bonds is 3. The first kappa shape index (κ1) is 10.6. The van der Waals surface area contributed by atoms with E-state index in [-0.39, 0.29) is 6.54 Å². The zero-order valence-electron chi connectivity index (χ0n) is 7.69. The number of nitrogens with two attached hydrogens (primary N) is 1. The monoisotopic (exact) mass is 202 g/mol. The van der Waals surface area contributed by atoms with Gasteiger partial charge in [0, 0.05) is 6.54 Å². The lowest BCUT2D eigenvalue weighted by molar-refractivity contribution is 0.0261. The lowest BCUT2D eigenvalue weighted by Gasteiger charge is -2.14. The molecule has 4 nitrogen and oxygen atoms in total. The lowest BCUT2D eigenvalue weighted by Crippen LogP contribution is -2.27. The minimum Gasteiger partial charge on any atom is -0.389 e. The summed E-state index contributed by atoms with van der Waals surface area (Å²) < 4.78 is 0. The van der Waals surface area contributed by atoms with Crippen molar-refractivity contribution in [2.24, 2.45) is 5.73 Å². The highest BCUT2D eigenvalue weighted by Crippen LogP contribution is 2.26. The molecule has 0 fully saturated rings. The number of aromatic nitrogens is 1. The first-order valence-corrected chi connectivity index (χ1v) is 4.88. The van der Waals surface area contributed by atoms with Gasteiger partial charge in [0.05, 0.1) is 21.7 Å². The Morgan fingerprint density at radius 1 is 1.46 bits per heavy atom. The molecule has 1 rings (SSSR count). The molecule has 0 aliphatic heterocycles. The van der Waals surface area contributed by atoms with Crippen LogP contribution in [0.3, 0.4) is 0 Å². The molecule has 0 saturated carbocycles. The van der Waals surface area contributed by atoms with Crippen molar-refractivity contribution in [1.29, 1.82) is 0 Å². The van der Waals surface area contributed by atoms with Gasteiger partial charge >= 0.3 is 0 Å². The first-order chi connectivity index (χ1) is 6.06. The van der Waals surface area contributed by atoms with Crippen LogP contribution in [-0.2, 0) is 0 Å². The molecule has 2 atom stereocenters. The van der Waals surface area contributed by atoms with Crippen LogP contribution in [0.4, 0.5) is 0 Å². The first-order valence-electron chi connectivity index (χ1n) is 4.06. The average Bonchev–Trinajstić information content (AvgIpc) is 2.42. The molecular weight excluding hydrogens is 188 g/mol. The number of aryl methyl sites for hydroxylation is 2. The van der Waals surface area contributed by atoms with Crippen molar-refractivity contribution in [3.8, 4) is 0 Å². The van der Waals surface area contributed by atoms with Crippen molar-refractivity contribution >= 4 is 11.3 Å². The second-order valence-electron chi connectivity index (χ2n) is 2.93. The highest BCUT2D eigenvalue weighted by molar-refractivity contribution is 7.11. The summed E-state index contributed by atoms with van der Waals surface area (Å²) in [4.78, 5) is 4.86. The van der Waals surface area contributed by atoms with Crippen LogP contribution in [-0.4, -0.2) is 27.8 Å². The van der Waals surface area contributed by atoms with Gasteiger partial charge in [0.1, 0.15) is 6.10 Å². The summed E-state index contributed by atoms with van der Waals surface area (Å²) in [5.41, 5.74) is 6.01. The predicted octanol–water partition coefficient (Wildman–Crippen LogP) is 0.113. The van der Waals surface area contributed by atoms with E-state index in [4.69, 9.17) is 5.73 Å². The molecule has 0 aromatic carbocycles. The van der Waals surface area contributed by atoms with E-state index in [1.54, 1.807) is 0 Å². The summed E-state index contributed by atoms with van der Waals surface area (Å²) in [6, 6.07) is 0. The number of hydrogen-bond acceptors (Lipinski definition) is 5. The fourth-order valence-corrected chi connectivity index (χ4v) is 2.10. The average molecular weight is 202 g/mol. The molecule has 0 amide bonds. The molecular formula is C8H14N2O2S. The molecule has 4 N–H and O–H groups in total. The number of nitrogens with zero attached hydrogens (tertiary/aromatic N) is 1. The second kappa shape index (κ2) is 4.15. The summed E-state index contributed by atoms with van der Waals surface area (Å²) in [5, 5.41) is 19.8. The van der Waals surface area contributed by atoms with Crippen molar-refractivity contribution in [2.45, 2.75) is 26.1 Å². The third-order valence-corrected chi connectivity index (χ3v) is 2.96. The smallest absolute Gasteiger partial charge is 0.117 e. The van der Waals surface area contributed by atoms with E-state index in [0.717, 1.165) is 10.7 Å². The second-order valence-corrected chi connectivity index (χ2v) is 4.17. The van der Waals surface area contributed by atoms with E-state index in [1.165, 1.54) is 11.3 Å². The molecule has 1 aromatic heterocycles. The van der Waals surface area contributed by atoms with Crippen molar-refractivity contribution < 1.29 is 10.2 Å². The van der Waals surface area contributed by atoms with E-state index < -0.39 is 12.2 Å². The van der Waals surface area contributed by atoms with Crippen LogP contribution in [0.25, 0.3) is 0 Å². The zero-order chi connectivity index (χ0) is 10.0. The highest BCUT2D eigenvalue weighted by atomic mass is 32.1. The SMILES string of the molecule is Cc1nc(C)c(C(O)C(O)CN)s1. The van der Waals surface area contributed by atoms with Crippen molar-refractivity contribution in [1.82, 2.24) is 4.98 Å². The maximum atomic E-state index is 9.62. The predicted molar refractivity (Wildman–Crippen MR) is 51.6 cm³/mol. The van der Waals surface area contributed by atoms with Gasteiger partial charge in [0.15, 0.2) is 0 Å². The van der Waals surface area contributed by atoms with Crippen LogP contribution in [0.15, 0.2) is 0 Å².